The van der Waals surface area contributed by atoms with Crippen LogP contribution in [0.25, 0.3) is 16.5 Å². The molecule has 0 aliphatic carbocycles. The molecule has 2 aromatic rings. The lowest BCUT2D eigenvalue weighted by atomic mass is 10.1. The largest absolute Gasteiger partial charge is 0.350 e. The fourth-order valence-corrected chi connectivity index (χ4v) is 1.98. The molecule has 0 fully saturated rings. The molecule has 0 saturated heterocycles. The molecule has 1 heterocycles. The van der Waals surface area contributed by atoms with Gasteiger partial charge in [0.2, 0.25) is 0 Å². The van der Waals surface area contributed by atoms with Crippen molar-refractivity contribution >= 4 is 34.3 Å². The number of hydrogen-bond donors (Lipinski definition) is 1. The minimum absolute atomic E-state index is 0.483. The molecular formula is C13H13ClN2. The van der Waals surface area contributed by atoms with Crippen molar-refractivity contribution in [3.8, 4) is 0 Å². The number of rotatable bonds is 2. The van der Waals surface area contributed by atoms with Crippen molar-refractivity contribution in [2.45, 2.75) is 6.92 Å². The lowest BCUT2D eigenvalue weighted by Gasteiger charge is -2.00. The van der Waals surface area contributed by atoms with Gasteiger partial charge in [-0.1, -0.05) is 29.8 Å². The third-order valence-corrected chi connectivity index (χ3v) is 3.18. The van der Waals surface area contributed by atoms with Crippen LogP contribution in [0.1, 0.15) is 12.5 Å². The summed E-state index contributed by atoms with van der Waals surface area (Å²) >= 11 is 5.99. The summed E-state index contributed by atoms with van der Waals surface area (Å²) in [6.07, 6.45) is 3.23. The molecule has 0 aliphatic heterocycles. The van der Waals surface area contributed by atoms with Crippen molar-refractivity contribution in [2.24, 2.45) is 7.05 Å². The topological polar surface area (TPSA) is 28.8 Å². The van der Waals surface area contributed by atoms with E-state index in [1.165, 1.54) is 17.1 Å². The van der Waals surface area contributed by atoms with E-state index in [9.17, 15) is 0 Å². The van der Waals surface area contributed by atoms with Crippen LogP contribution in [0.2, 0.25) is 0 Å². The lowest BCUT2D eigenvalue weighted by molar-refractivity contribution is 0.967. The van der Waals surface area contributed by atoms with Gasteiger partial charge in [0.25, 0.3) is 0 Å². The number of nitrogens with zero attached hydrogens (tertiary/aromatic N) is 1. The van der Waals surface area contributed by atoms with Gasteiger partial charge in [-0.25, -0.2) is 0 Å². The van der Waals surface area contributed by atoms with Crippen molar-refractivity contribution in [2.75, 3.05) is 0 Å². The molecule has 16 heavy (non-hydrogen) atoms. The Balaban J connectivity index is 2.76. The molecule has 0 spiro atoms. The van der Waals surface area contributed by atoms with Gasteiger partial charge in [0.15, 0.2) is 0 Å². The van der Waals surface area contributed by atoms with Gasteiger partial charge in [-0.3, -0.25) is 0 Å². The molecule has 0 radical (unpaired) electrons. The summed E-state index contributed by atoms with van der Waals surface area (Å²) in [5.74, 6) is 0. The maximum atomic E-state index is 7.18. The fourth-order valence-electron chi connectivity index (χ4n) is 1.88. The second kappa shape index (κ2) is 4.14. The number of nitrogens with one attached hydrogen (secondary N) is 1. The van der Waals surface area contributed by atoms with E-state index in [1.54, 1.807) is 0 Å². The second-order valence-electron chi connectivity index (χ2n) is 3.79. The molecule has 0 unspecified atom stereocenters. The SMILES string of the molecule is C/C(=C(/Cl)C=N)c1cn(C)c2ccccc12. The average molecular weight is 233 g/mol. The Labute approximate surface area is 99.7 Å². The molecule has 2 nitrogen and oxygen atoms in total. The van der Waals surface area contributed by atoms with Crippen molar-refractivity contribution < 1.29 is 0 Å². The molecule has 0 amide bonds. The van der Waals surface area contributed by atoms with E-state index in [0.717, 1.165) is 11.1 Å². The molecule has 0 atom stereocenters. The van der Waals surface area contributed by atoms with Gasteiger partial charge < -0.3 is 9.98 Å². The van der Waals surface area contributed by atoms with Crippen molar-refractivity contribution in [1.29, 1.82) is 5.41 Å². The number of halogens is 1. The third kappa shape index (κ3) is 1.65. The summed E-state index contributed by atoms with van der Waals surface area (Å²) < 4.78 is 2.07. The number of fused-ring (bicyclic) bond motifs is 1. The van der Waals surface area contributed by atoms with Gasteiger partial charge in [-0.2, -0.15) is 0 Å². The number of aromatic nitrogens is 1. The standard InChI is InChI=1S/C13H13ClN2/c1-9(12(14)7-15)11-8-16(2)13-6-4-3-5-10(11)13/h3-8,15H,1-2H3/b12-9-,15-7?. The third-order valence-electron chi connectivity index (χ3n) is 2.79. The number of hydrogen-bond acceptors (Lipinski definition) is 1. The van der Waals surface area contributed by atoms with Crippen LogP contribution in [0.5, 0.6) is 0 Å². The maximum Gasteiger partial charge on any atom is 0.0617 e. The zero-order valence-electron chi connectivity index (χ0n) is 9.29. The van der Waals surface area contributed by atoms with Crippen LogP contribution in [-0.4, -0.2) is 10.8 Å². The van der Waals surface area contributed by atoms with E-state index in [0.29, 0.717) is 5.03 Å². The maximum absolute atomic E-state index is 7.18. The summed E-state index contributed by atoms with van der Waals surface area (Å²) in [5.41, 5.74) is 3.20. The van der Waals surface area contributed by atoms with E-state index >= 15 is 0 Å². The fraction of sp³-hybridized carbons (Fsp3) is 0.154. The van der Waals surface area contributed by atoms with Crippen LogP contribution < -0.4 is 0 Å². The van der Waals surface area contributed by atoms with Crippen LogP contribution in [0.3, 0.4) is 0 Å². The van der Waals surface area contributed by atoms with Gasteiger partial charge in [-0.05, 0) is 18.6 Å². The Morgan fingerprint density at radius 2 is 2.06 bits per heavy atom. The molecule has 0 aliphatic rings. The highest BCUT2D eigenvalue weighted by molar-refractivity contribution is 6.42. The Morgan fingerprint density at radius 3 is 2.75 bits per heavy atom. The second-order valence-corrected chi connectivity index (χ2v) is 4.20. The van der Waals surface area contributed by atoms with Crippen LogP contribution in [-0.2, 0) is 7.05 Å². The van der Waals surface area contributed by atoms with Gasteiger partial charge in [0, 0.05) is 35.9 Å². The first kappa shape index (κ1) is 11.0. The van der Waals surface area contributed by atoms with Crippen molar-refractivity contribution in [3.05, 3.63) is 41.1 Å². The normalized spacial score (nSPS) is 12.7. The Morgan fingerprint density at radius 1 is 1.38 bits per heavy atom. The highest BCUT2D eigenvalue weighted by Gasteiger charge is 2.09. The Kier molecular flexibility index (Phi) is 2.84. The quantitative estimate of drug-likeness (QED) is 0.764. The van der Waals surface area contributed by atoms with Crippen molar-refractivity contribution in [3.63, 3.8) is 0 Å². The molecule has 1 aromatic carbocycles. The van der Waals surface area contributed by atoms with Gasteiger partial charge in [-0.15, -0.1) is 0 Å². The van der Waals surface area contributed by atoms with Crippen molar-refractivity contribution in [1.82, 2.24) is 4.57 Å². The first-order chi connectivity index (χ1) is 7.65. The van der Waals surface area contributed by atoms with E-state index in [2.05, 4.69) is 16.7 Å². The first-order valence-corrected chi connectivity index (χ1v) is 5.44. The monoisotopic (exact) mass is 232 g/mol. The van der Waals surface area contributed by atoms with Crippen LogP contribution in [0.15, 0.2) is 35.5 Å². The number of benzene rings is 1. The number of allylic oxidation sites excluding steroid dienone is 2. The van der Waals surface area contributed by atoms with Gasteiger partial charge in [0.05, 0.1) is 5.03 Å². The predicted octanol–water partition coefficient (Wildman–Crippen LogP) is 3.80. The molecule has 0 bridgehead atoms. The smallest absolute Gasteiger partial charge is 0.0617 e. The van der Waals surface area contributed by atoms with Crippen LogP contribution >= 0.6 is 11.6 Å². The van der Waals surface area contributed by atoms with E-state index in [-0.39, 0.29) is 0 Å². The predicted molar refractivity (Wildman–Crippen MR) is 70.1 cm³/mol. The van der Waals surface area contributed by atoms with Gasteiger partial charge in [0.1, 0.15) is 0 Å². The zero-order valence-corrected chi connectivity index (χ0v) is 10.0. The lowest BCUT2D eigenvalue weighted by Crippen LogP contribution is -1.83. The summed E-state index contributed by atoms with van der Waals surface area (Å²) in [4.78, 5) is 0. The molecular weight excluding hydrogens is 220 g/mol. The summed E-state index contributed by atoms with van der Waals surface area (Å²) in [7, 11) is 2.01. The Bertz CT molecular complexity index is 579. The molecule has 2 rings (SSSR count). The van der Waals surface area contributed by atoms with Crippen LogP contribution in [0, 0.1) is 5.41 Å². The minimum atomic E-state index is 0.483. The summed E-state index contributed by atoms with van der Waals surface area (Å²) in [5, 5.41) is 8.83. The van der Waals surface area contributed by atoms with Crippen LogP contribution in [0.4, 0.5) is 0 Å². The zero-order chi connectivity index (χ0) is 11.7. The number of para-hydroxylation sites is 1. The highest BCUT2D eigenvalue weighted by Crippen LogP contribution is 2.28. The molecule has 3 heteroatoms. The molecule has 82 valence electrons. The van der Waals surface area contributed by atoms with E-state index in [4.69, 9.17) is 17.0 Å². The average Bonchev–Trinajstić information content (AvgIpc) is 2.65. The molecule has 1 N–H and O–H groups in total. The molecule has 0 saturated carbocycles. The summed E-state index contributed by atoms with van der Waals surface area (Å²) in [6, 6.07) is 8.17. The van der Waals surface area contributed by atoms with E-state index in [1.807, 2.05) is 32.3 Å². The minimum Gasteiger partial charge on any atom is -0.350 e. The highest BCUT2D eigenvalue weighted by atomic mass is 35.5. The first-order valence-electron chi connectivity index (χ1n) is 5.06. The summed E-state index contributed by atoms with van der Waals surface area (Å²) in [6.45, 7) is 1.94. The van der Waals surface area contributed by atoms with Gasteiger partial charge >= 0.3 is 0 Å². The molecule has 1 aromatic heterocycles. The Hall–Kier alpha value is -1.54. The van der Waals surface area contributed by atoms with E-state index < -0.39 is 0 Å². The number of aryl methyl sites for hydroxylation is 1.